The molecule has 2 aromatic heterocycles. The molecule has 0 spiro atoms. The summed E-state index contributed by atoms with van der Waals surface area (Å²) in [5.74, 6) is 0. The molecule has 2 rings (SSSR count). The Morgan fingerprint density at radius 2 is 2.17 bits per heavy atom. The Morgan fingerprint density at radius 1 is 1.48 bits per heavy atom. The minimum atomic E-state index is -1.32. The lowest BCUT2D eigenvalue weighted by Gasteiger charge is -2.27. The van der Waals surface area contributed by atoms with Gasteiger partial charge in [0.2, 0.25) is 0 Å². The van der Waals surface area contributed by atoms with Crippen LogP contribution in [0.5, 0.6) is 0 Å². The van der Waals surface area contributed by atoms with Gasteiger partial charge in [-0.1, -0.05) is 17.7 Å². The fraction of sp³-hybridized carbons (Fsp3) is 0.333. The number of aromatic nitrogens is 1. The highest BCUT2D eigenvalue weighted by Crippen LogP contribution is 2.35. The molecule has 2 aromatic rings. The van der Waals surface area contributed by atoms with Gasteiger partial charge in [0.1, 0.15) is 15.4 Å². The average molecular weight is 436 g/mol. The summed E-state index contributed by atoms with van der Waals surface area (Å²) in [7, 11) is 0. The largest absolute Gasteiger partial charge is 0.598 e. The van der Waals surface area contributed by atoms with E-state index < -0.39 is 22.2 Å². The summed E-state index contributed by atoms with van der Waals surface area (Å²) in [4.78, 5) is 16.0. The predicted molar refractivity (Wildman–Crippen MR) is 99.5 cm³/mol. The van der Waals surface area contributed by atoms with Crippen LogP contribution < -0.4 is 4.72 Å². The van der Waals surface area contributed by atoms with Crippen molar-refractivity contribution in [1.29, 1.82) is 0 Å². The SMILES string of the molecule is CC(C)(C)[S+]([O-])NC(c1cccc(Br)n1)c1cc(C=O)sc1Cl. The van der Waals surface area contributed by atoms with Crippen LogP contribution >= 0.6 is 38.9 Å². The van der Waals surface area contributed by atoms with Crippen LogP contribution in [0.4, 0.5) is 0 Å². The lowest BCUT2D eigenvalue weighted by atomic mass is 10.1. The maximum atomic E-state index is 12.5. The van der Waals surface area contributed by atoms with E-state index >= 15 is 0 Å². The molecule has 1 N–H and O–H groups in total. The minimum Gasteiger partial charge on any atom is -0.598 e. The molecule has 4 nitrogen and oxygen atoms in total. The molecule has 124 valence electrons. The highest BCUT2D eigenvalue weighted by molar-refractivity contribution is 9.10. The number of hydrogen-bond donors (Lipinski definition) is 1. The van der Waals surface area contributed by atoms with Gasteiger partial charge >= 0.3 is 0 Å². The molecule has 2 atom stereocenters. The van der Waals surface area contributed by atoms with Gasteiger partial charge < -0.3 is 4.55 Å². The minimum absolute atomic E-state index is 0.444. The van der Waals surface area contributed by atoms with Gasteiger partial charge in [0, 0.05) is 16.9 Å². The number of carbonyl (C=O) groups is 1. The van der Waals surface area contributed by atoms with Crippen LogP contribution in [0.15, 0.2) is 28.9 Å². The van der Waals surface area contributed by atoms with E-state index in [0.717, 1.165) is 6.29 Å². The Bertz CT molecular complexity index is 703. The second kappa shape index (κ2) is 7.63. The molecule has 0 aromatic carbocycles. The van der Waals surface area contributed by atoms with Gasteiger partial charge in [0.05, 0.1) is 14.9 Å². The van der Waals surface area contributed by atoms with Crippen LogP contribution in [0.3, 0.4) is 0 Å². The van der Waals surface area contributed by atoms with Crippen molar-refractivity contribution in [2.24, 2.45) is 0 Å². The van der Waals surface area contributed by atoms with Crippen LogP contribution in [0.25, 0.3) is 0 Å². The zero-order chi connectivity index (χ0) is 17.2. The molecule has 2 unspecified atom stereocenters. The first-order chi connectivity index (χ1) is 10.7. The first kappa shape index (κ1) is 18.9. The average Bonchev–Trinajstić information content (AvgIpc) is 2.84. The van der Waals surface area contributed by atoms with Crippen LogP contribution in [-0.2, 0) is 11.4 Å². The number of aldehydes is 1. The Balaban J connectivity index is 2.46. The number of halogens is 2. The fourth-order valence-electron chi connectivity index (χ4n) is 1.81. The standard InChI is InChI=1S/C15H16BrClN2O2S2/c1-15(2,3)23(21)19-13(11-5-4-6-12(16)18-11)10-7-9(8-20)22-14(10)17/h4-8,13,19H,1-3H3. The van der Waals surface area contributed by atoms with Crippen molar-refractivity contribution in [3.8, 4) is 0 Å². The summed E-state index contributed by atoms with van der Waals surface area (Å²) in [5.41, 5.74) is 1.37. The van der Waals surface area contributed by atoms with Gasteiger partial charge in [-0.2, -0.15) is 0 Å². The van der Waals surface area contributed by atoms with Gasteiger partial charge in [-0.05, 0) is 54.9 Å². The fourth-order valence-corrected chi connectivity index (χ4v) is 4.15. The summed E-state index contributed by atoms with van der Waals surface area (Å²) in [6.45, 7) is 5.65. The molecule has 8 heteroatoms. The number of nitrogens with one attached hydrogen (secondary N) is 1. The molecular weight excluding hydrogens is 420 g/mol. The van der Waals surface area contributed by atoms with E-state index in [-0.39, 0.29) is 0 Å². The predicted octanol–water partition coefficient (Wildman–Crippen LogP) is 4.51. The van der Waals surface area contributed by atoms with E-state index in [1.165, 1.54) is 11.3 Å². The van der Waals surface area contributed by atoms with Gasteiger partial charge in [0.25, 0.3) is 0 Å². The van der Waals surface area contributed by atoms with Crippen LogP contribution in [0, 0.1) is 0 Å². The molecule has 2 heterocycles. The number of thiophene rings is 1. The normalized spacial score (nSPS) is 14.5. The topological polar surface area (TPSA) is 65.0 Å². The zero-order valence-corrected chi connectivity index (χ0v) is 16.8. The van der Waals surface area contributed by atoms with Gasteiger partial charge in [-0.25, -0.2) is 4.98 Å². The molecule has 0 bridgehead atoms. The second-order valence-corrected chi connectivity index (χ2v) is 10.3. The number of pyridine rings is 1. The Labute approximate surface area is 156 Å². The maximum absolute atomic E-state index is 12.5. The lowest BCUT2D eigenvalue weighted by molar-refractivity contribution is 0.112. The first-order valence-electron chi connectivity index (χ1n) is 6.77. The second-order valence-electron chi connectivity index (χ2n) is 5.81. The quantitative estimate of drug-likeness (QED) is 0.426. The number of hydrogen-bond acceptors (Lipinski definition) is 5. The molecule has 0 aliphatic carbocycles. The van der Waals surface area contributed by atoms with Crippen molar-refractivity contribution in [1.82, 2.24) is 9.71 Å². The summed E-state index contributed by atoms with van der Waals surface area (Å²) in [6, 6.07) is 6.73. The summed E-state index contributed by atoms with van der Waals surface area (Å²) in [5, 5.41) is 0. The Hall–Kier alpha value is -0.440. The van der Waals surface area contributed by atoms with Gasteiger partial charge in [-0.3, -0.25) is 4.79 Å². The van der Waals surface area contributed by atoms with Crippen molar-refractivity contribution in [2.45, 2.75) is 31.6 Å². The summed E-state index contributed by atoms with van der Waals surface area (Å²) in [6.07, 6.45) is 0.756. The molecule has 0 amide bonds. The summed E-state index contributed by atoms with van der Waals surface area (Å²) < 4.78 is 16.3. The molecule has 0 radical (unpaired) electrons. The molecular formula is C15H16BrClN2O2S2. The Kier molecular flexibility index (Phi) is 6.27. The lowest BCUT2D eigenvalue weighted by Crippen LogP contribution is -2.41. The van der Waals surface area contributed by atoms with E-state index in [1.807, 2.05) is 39.0 Å². The van der Waals surface area contributed by atoms with Crippen molar-refractivity contribution in [3.05, 3.63) is 49.3 Å². The molecule has 0 fully saturated rings. The van der Waals surface area contributed by atoms with E-state index in [9.17, 15) is 9.35 Å². The zero-order valence-electron chi connectivity index (χ0n) is 12.8. The van der Waals surface area contributed by atoms with Crippen molar-refractivity contribution in [2.75, 3.05) is 0 Å². The molecule has 23 heavy (non-hydrogen) atoms. The maximum Gasteiger partial charge on any atom is 0.160 e. The highest BCUT2D eigenvalue weighted by atomic mass is 79.9. The van der Waals surface area contributed by atoms with E-state index in [0.29, 0.717) is 25.1 Å². The highest BCUT2D eigenvalue weighted by Gasteiger charge is 2.32. The van der Waals surface area contributed by atoms with E-state index in [2.05, 4.69) is 25.6 Å². The number of carbonyl (C=O) groups excluding carboxylic acids is 1. The van der Waals surface area contributed by atoms with Crippen molar-refractivity contribution < 1.29 is 9.35 Å². The first-order valence-corrected chi connectivity index (χ1v) is 9.91. The van der Waals surface area contributed by atoms with Crippen molar-refractivity contribution in [3.63, 3.8) is 0 Å². The van der Waals surface area contributed by atoms with Crippen LogP contribution in [0.2, 0.25) is 4.34 Å². The third-order valence-corrected chi connectivity index (χ3v) is 6.29. The number of nitrogens with zero attached hydrogens (tertiary/aromatic N) is 1. The smallest absolute Gasteiger partial charge is 0.160 e. The molecule has 0 saturated carbocycles. The van der Waals surface area contributed by atoms with Gasteiger partial charge in [0.15, 0.2) is 6.29 Å². The third-order valence-electron chi connectivity index (χ3n) is 2.97. The van der Waals surface area contributed by atoms with E-state index in [4.69, 9.17) is 11.6 Å². The van der Waals surface area contributed by atoms with Gasteiger partial charge in [-0.15, -0.1) is 16.1 Å². The van der Waals surface area contributed by atoms with Crippen LogP contribution in [-0.4, -0.2) is 20.6 Å². The summed E-state index contributed by atoms with van der Waals surface area (Å²) >= 11 is 9.50. The third kappa shape index (κ3) is 4.78. The van der Waals surface area contributed by atoms with Crippen LogP contribution in [0.1, 0.15) is 47.7 Å². The molecule has 0 saturated heterocycles. The molecule has 0 aliphatic heterocycles. The van der Waals surface area contributed by atoms with Crippen molar-refractivity contribution >= 4 is 56.5 Å². The number of rotatable bonds is 5. The Morgan fingerprint density at radius 3 is 2.70 bits per heavy atom. The van der Waals surface area contributed by atoms with E-state index in [1.54, 1.807) is 6.07 Å². The molecule has 0 aliphatic rings. The monoisotopic (exact) mass is 434 g/mol.